The standard InChI is InChI=1S/C13H9BrClFO3S/c1-8-2-3-9(6-12(8)16)19-13-5-4-10(7-11(13)14)20(15,17)18/h2-7H,1H3. The van der Waals surface area contributed by atoms with Gasteiger partial charge < -0.3 is 4.74 Å². The summed E-state index contributed by atoms with van der Waals surface area (Å²) in [7, 11) is 1.44. The topological polar surface area (TPSA) is 43.4 Å². The summed E-state index contributed by atoms with van der Waals surface area (Å²) in [6, 6.07) is 8.55. The van der Waals surface area contributed by atoms with Gasteiger partial charge in [-0.05, 0) is 52.7 Å². The van der Waals surface area contributed by atoms with Crippen molar-refractivity contribution in [2.24, 2.45) is 0 Å². The van der Waals surface area contributed by atoms with Crippen LogP contribution in [0.15, 0.2) is 45.8 Å². The maximum Gasteiger partial charge on any atom is 0.261 e. The Morgan fingerprint density at radius 2 is 1.90 bits per heavy atom. The monoisotopic (exact) mass is 378 g/mol. The van der Waals surface area contributed by atoms with E-state index in [0.29, 0.717) is 21.5 Å². The summed E-state index contributed by atoms with van der Waals surface area (Å²) in [6.07, 6.45) is 0. The molecule has 2 aromatic carbocycles. The van der Waals surface area contributed by atoms with Gasteiger partial charge in [-0.3, -0.25) is 0 Å². The maximum atomic E-state index is 13.4. The average molecular weight is 380 g/mol. The quantitative estimate of drug-likeness (QED) is 0.731. The SMILES string of the molecule is Cc1ccc(Oc2ccc(S(=O)(=O)Cl)cc2Br)cc1F. The van der Waals surface area contributed by atoms with Crippen LogP contribution in [-0.2, 0) is 9.05 Å². The fourth-order valence-electron chi connectivity index (χ4n) is 1.48. The summed E-state index contributed by atoms with van der Waals surface area (Å²) in [4.78, 5) is -0.0477. The van der Waals surface area contributed by atoms with Gasteiger partial charge in [0.2, 0.25) is 0 Å². The van der Waals surface area contributed by atoms with Gasteiger partial charge in [-0.2, -0.15) is 0 Å². The third-order valence-electron chi connectivity index (χ3n) is 2.56. The molecule has 3 nitrogen and oxygen atoms in total. The molecule has 0 aromatic heterocycles. The lowest BCUT2D eigenvalue weighted by molar-refractivity contribution is 0.472. The van der Waals surface area contributed by atoms with Crippen LogP contribution < -0.4 is 4.74 Å². The van der Waals surface area contributed by atoms with E-state index in [1.807, 2.05) is 0 Å². The smallest absolute Gasteiger partial charge is 0.261 e. The van der Waals surface area contributed by atoms with Crippen LogP contribution in [0.2, 0.25) is 0 Å². The molecule has 0 aliphatic rings. The summed E-state index contributed by atoms with van der Waals surface area (Å²) in [5, 5.41) is 0. The van der Waals surface area contributed by atoms with Crippen molar-refractivity contribution in [1.29, 1.82) is 0 Å². The number of rotatable bonds is 3. The van der Waals surface area contributed by atoms with E-state index in [-0.39, 0.29) is 10.7 Å². The highest BCUT2D eigenvalue weighted by atomic mass is 79.9. The third-order valence-corrected chi connectivity index (χ3v) is 4.53. The van der Waals surface area contributed by atoms with E-state index in [9.17, 15) is 12.8 Å². The van der Waals surface area contributed by atoms with Gasteiger partial charge >= 0.3 is 0 Å². The van der Waals surface area contributed by atoms with Gasteiger partial charge in [0, 0.05) is 16.7 Å². The van der Waals surface area contributed by atoms with Gasteiger partial charge in [0.25, 0.3) is 9.05 Å². The van der Waals surface area contributed by atoms with Crippen molar-refractivity contribution in [2.45, 2.75) is 11.8 Å². The number of benzene rings is 2. The Bertz CT molecular complexity index is 762. The van der Waals surface area contributed by atoms with Crippen molar-refractivity contribution in [3.63, 3.8) is 0 Å². The van der Waals surface area contributed by atoms with Gasteiger partial charge in [-0.15, -0.1) is 0 Å². The second-order valence-electron chi connectivity index (χ2n) is 4.04. The first kappa shape index (κ1) is 15.3. The van der Waals surface area contributed by atoms with E-state index in [2.05, 4.69) is 15.9 Å². The maximum absolute atomic E-state index is 13.4. The molecule has 0 saturated heterocycles. The zero-order chi connectivity index (χ0) is 14.9. The summed E-state index contributed by atoms with van der Waals surface area (Å²) < 4.78 is 41.7. The Hall–Kier alpha value is -1.11. The molecule has 0 saturated carbocycles. The molecule has 0 bridgehead atoms. The summed E-state index contributed by atoms with van der Waals surface area (Å²) in [5.74, 6) is 0.297. The summed E-state index contributed by atoms with van der Waals surface area (Å²) >= 11 is 3.19. The summed E-state index contributed by atoms with van der Waals surface area (Å²) in [5.41, 5.74) is 0.514. The lowest BCUT2D eigenvalue weighted by Gasteiger charge is -2.09. The molecule has 106 valence electrons. The first-order chi connectivity index (χ1) is 9.27. The van der Waals surface area contributed by atoms with Crippen LogP contribution >= 0.6 is 26.6 Å². The normalized spacial score (nSPS) is 11.4. The van der Waals surface area contributed by atoms with E-state index in [0.717, 1.165) is 0 Å². The number of aryl methyl sites for hydroxylation is 1. The zero-order valence-corrected chi connectivity index (χ0v) is 13.4. The van der Waals surface area contributed by atoms with Crippen LogP contribution in [0.4, 0.5) is 4.39 Å². The van der Waals surface area contributed by atoms with Gasteiger partial charge in [-0.25, -0.2) is 12.8 Å². The fraction of sp³-hybridized carbons (Fsp3) is 0.0769. The first-order valence-electron chi connectivity index (χ1n) is 5.45. The molecule has 0 N–H and O–H groups in total. The number of hydrogen-bond acceptors (Lipinski definition) is 3. The van der Waals surface area contributed by atoms with Gasteiger partial charge in [0.15, 0.2) is 0 Å². The average Bonchev–Trinajstić information content (AvgIpc) is 2.35. The van der Waals surface area contributed by atoms with Crippen LogP contribution in [-0.4, -0.2) is 8.42 Å². The number of ether oxygens (including phenoxy) is 1. The van der Waals surface area contributed by atoms with Crippen molar-refractivity contribution in [3.8, 4) is 11.5 Å². The van der Waals surface area contributed by atoms with Crippen LogP contribution in [0.3, 0.4) is 0 Å². The number of hydrogen-bond donors (Lipinski definition) is 0. The van der Waals surface area contributed by atoms with Crippen molar-refractivity contribution >= 4 is 35.7 Å². The third kappa shape index (κ3) is 3.50. The molecular formula is C13H9BrClFO3S. The summed E-state index contributed by atoms with van der Waals surface area (Å²) in [6.45, 7) is 1.65. The Morgan fingerprint density at radius 1 is 1.20 bits per heavy atom. The molecule has 0 radical (unpaired) electrons. The minimum absolute atomic E-state index is 0.0477. The van der Waals surface area contributed by atoms with Crippen molar-refractivity contribution in [3.05, 3.63) is 52.3 Å². The predicted octanol–water partition coefficient (Wildman–Crippen LogP) is 4.62. The molecule has 20 heavy (non-hydrogen) atoms. The lowest BCUT2D eigenvalue weighted by atomic mass is 10.2. The minimum Gasteiger partial charge on any atom is -0.456 e. The highest BCUT2D eigenvalue weighted by molar-refractivity contribution is 9.10. The van der Waals surface area contributed by atoms with Gasteiger partial charge in [-0.1, -0.05) is 6.07 Å². The van der Waals surface area contributed by atoms with Gasteiger partial charge in [0.05, 0.1) is 9.37 Å². The fourth-order valence-corrected chi connectivity index (χ4v) is 2.87. The second-order valence-corrected chi connectivity index (χ2v) is 7.46. The van der Waals surface area contributed by atoms with E-state index < -0.39 is 9.05 Å². The first-order valence-corrected chi connectivity index (χ1v) is 8.56. The Kier molecular flexibility index (Phi) is 4.36. The predicted molar refractivity (Wildman–Crippen MR) is 78.4 cm³/mol. The van der Waals surface area contributed by atoms with Crippen LogP contribution in [0.5, 0.6) is 11.5 Å². The van der Waals surface area contributed by atoms with Crippen LogP contribution in [0.1, 0.15) is 5.56 Å². The largest absolute Gasteiger partial charge is 0.456 e. The lowest BCUT2D eigenvalue weighted by Crippen LogP contribution is -1.93. The van der Waals surface area contributed by atoms with Crippen LogP contribution in [0, 0.1) is 12.7 Å². The molecule has 0 atom stereocenters. The van der Waals surface area contributed by atoms with E-state index in [4.69, 9.17) is 15.4 Å². The molecule has 0 unspecified atom stereocenters. The van der Waals surface area contributed by atoms with Crippen molar-refractivity contribution < 1.29 is 17.5 Å². The molecule has 0 heterocycles. The molecule has 0 aliphatic carbocycles. The second kappa shape index (κ2) is 5.71. The Morgan fingerprint density at radius 3 is 2.45 bits per heavy atom. The molecule has 0 fully saturated rings. The Labute approximate surface area is 128 Å². The van der Waals surface area contributed by atoms with Crippen LogP contribution in [0.25, 0.3) is 0 Å². The Balaban J connectivity index is 2.32. The zero-order valence-electron chi connectivity index (χ0n) is 10.2. The highest BCUT2D eigenvalue weighted by Crippen LogP contribution is 2.33. The number of halogens is 3. The van der Waals surface area contributed by atoms with E-state index in [1.165, 1.54) is 24.3 Å². The van der Waals surface area contributed by atoms with E-state index in [1.54, 1.807) is 19.1 Å². The molecular weight excluding hydrogens is 371 g/mol. The van der Waals surface area contributed by atoms with Gasteiger partial charge in [0.1, 0.15) is 17.3 Å². The van der Waals surface area contributed by atoms with E-state index >= 15 is 0 Å². The highest BCUT2D eigenvalue weighted by Gasteiger charge is 2.13. The van der Waals surface area contributed by atoms with Crippen molar-refractivity contribution in [1.82, 2.24) is 0 Å². The molecule has 0 aliphatic heterocycles. The minimum atomic E-state index is -3.80. The van der Waals surface area contributed by atoms with Crippen molar-refractivity contribution in [2.75, 3.05) is 0 Å². The molecule has 2 rings (SSSR count). The molecule has 7 heteroatoms. The molecule has 0 amide bonds. The molecule has 0 spiro atoms. The molecule has 2 aromatic rings.